The van der Waals surface area contributed by atoms with Crippen molar-refractivity contribution in [2.24, 2.45) is 0 Å². The van der Waals surface area contributed by atoms with Gasteiger partial charge in [-0.2, -0.15) is 0 Å². The normalized spacial score (nSPS) is 17.9. The summed E-state index contributed by atoms with van der Waals surface area (Å²) in [5, 5.41) is 17.0. The van der Waals surface area contributed by atoms with Crippen LogP contribution in [-0.4, -0.2) is 46.2 Å². The summed E-state index contributed by atoms with van der Waals surface area (Å²) < 4.78 is 1.76. The van der Waals surface area contributed by atoms with E-state index in [2.05, 4.69) is 35.3 Å². The minimum absolute atomic E-state index is 0.0754. The maximum absolute atomic E-state index is 12.6. The molecule has 0 radical (unpaired) electrons. The third kappa shape index (κ3) is 6.24. The molecule has 1 aromatic heterocycles. The molecule has 8 nitrogen and oxygen atoms in total. The molecule has 0 saturated carbocycles. The number of likely N-dealkylation sites (tertiary alicyclic amines) is 1. The smallest absolute Gasteiger partial charge is 0.351 e. The van der Waals surface area contributed by atoms with Gasteiger partial charge in [0, 0.05) is 18.9 Å². The van der Waals surface area contributed by atoms with E-state index in [1.165, 1.54) is 31.5 Å². The molecule has 0 bridgehead atoms. The highest BCUT2D eigenvalue weighted by molar-refractivity contribution is 6.26. The largest absolute Gasteiger partial charge is 0.539 e. The van der Waals surface area contributed by atoms with Crippen molar-refractivity contribution in [1.82, 2.24) is 9.55 Å². The summed E-state index contributed by atoms with van der Waals surface area (Å²) >= 11 is 0. The Balaban J connectivity index is 0.000000427. The molecule has 2 N–H and O–H groups in total. The Kier molecular flexibility index (Phi) is 8.10. The Morgan fingerprint density at radius 1 is 1.12 bits per heavy atom. The molecule has 32 heavy (non-hydrogen) atoms. The SMILES string of the molecule is O=C([O-])C(=O)O.O=c1c2ccccc2ncn1CCC[NH+]1CCCC(c2ccccc2)C1. The zero-order chi connectivity index (χ0) is 22.9. The molecule has 0 spiro atoms. The summed E-state index contributed by atoms with van der Waals surface area (Å²) in [6, 6.07) is 18.5. The highest BCUT2D eigenvalue weighted by atomic mass is 16.4. The minimum Gasteiger partial charge on any atom is -0.539 e. The highest BCUT2D eigenvalue weighted by Gasteiger charge is 2.23. The molecule has 3 aromatic rings. The topological polar surface area (TPSA) is 117 Å². The second-order valence-electron chi connectivity index (χ2n) is 7.91. The fraction of sp³-hybridized carbons (Fsp3) is 0.333. The summed E-state index contributed by atoms with van der Waals surface area (Å²) in [6.07, 6.45) is 5.29. The summed E-state index contributed by atoms with van der Waals surface area (Å²) in [5.41, 5.74) is 2.33. The van der Waals surface area contributed by atoms with Gasteiger partial charge in [0.1, 0.15) is 0 Å². The molecule has 1 aliphatic rings. The molecule has 2 heterocycles. The number of hydrogen-bond donors (Lipinski definition) is 2. The van der Waals surface area contributed by atoms with Gasteiger partial charge in [-0.1, -0.05) is 42.5 Å². The van der Waals surface area contributed by atoms with Gasteiger partial charge in [-0.05, 0) is 30.5 Å². The number of fused-ring (bicyclic) bond motifs is 1. The standard InChI is InChI=1S/C22H25N3O.C2H2O4/c26-22-20-11-4-5-12-21(20)23-17-25(22)15-7-14-24-13-6-10-19(16-24)18-8-2-1-3-9-18;3-1(4)2(5)6/h1-5,8-9,11-12,17,19H,6-7,10,13-16H2;(H,3,4)(H,5,6). The van der Waals surface area contributed by atoms with Crippen molar-refractivity contribution in [3.05, 3.63) is 76.8 Å². The van der Waals surface area contributed by atoms with E-state index in [-0.39, 0.29) is 5.56 Å². The van der Waals surface area contributed by atoms with Crippen LogP contribution in [0.2, 0.25) is 0 Å². The van der Waals surface area contributed by atoms with Gasteiger partial charge in [-0.25, -0.2) is 9.78 Å². The zero-order valence-electron chi connectivity index (χ0n) is 17.8. The number of carbonyl (C=O) groups excluding carboxylic acids is 1. The summed E-state index contributed by atoms with van der Waals surface area (Å²) in [5.74, 6) is -3.34. The fourth-order valence-electron chi connectivity index (χ4n) is 4.15. The zero-order valence-corrected chi connectivity index (χ0v) is 17.8. The molecule has 0 aliphatic carbocycles. The van der Waals surface area contributed by atoms with E-state index in [1.54, 1.807) is 15.8 Å². The number of nitrogens with one attached hydrogen (secondary N) is 1. The molecule has 4 rings (SSSR count). The van der Waals surface area contributed by atoms with E-state index in [4.69, 9.17) is 19.8 Å². The Morgan fingerprint density at radius 3 is 2.53 bits per heavy atom. The molecule has 1 saturated heterocycles. The van der Waals surface area contributed by atoms with Crippen LogP contribution in [0.1, 0.15) is 30.7 Å². The molecule has 0 amide bonds. The number of para-hydroxylation sites is 1. The van der Waals surface area contributed by atoms with E-state index in [9.17, 15) is 4.79 Å². The number of benzene rings is 2. The van der Waals surface area contributed by atoms with Crippen molar-refractivity contribution in [3.8, 4) is 0 Å². The number of quaternary nitrogens is 1. The van der Waals surface area contributed by atoms with E-state index < -0.39 is 11.9 Å². The first-order valence-electron chi connectivity index (χ1n) is 10.7. The lowest BCUT2D eigenvalue weighted by atomic mass is 9.90. The van der Waals surface area contributed by atoms with Gasteiger partial charge in [0.25, 0.3) is 5.56 Å². The highest BCUT2D eigenvalue weighted by Crippen LogP contribution is 2.21. The van der Waals surface area contributed by atoms with Crippen LogP contribution in [-0.2, 0) is 16.1 Å². The van der Waals surface area contributed by atoms with Crippen LogP contribution in [0.3, 0.4) is 0 Å². The summed E-state index contributed by atoms with van der Waals surface area (Å²) in [6.45, 7) is 4.31. The molecule has 2 aromatic carbocycles. The van der Waals surface area contributed by atoms with Gasteiger partial charge in [0.2, 0.25) is 0 Å². The van der Waals surface area contributed by atoms with Crippen molar-refractivity contribution < 1.29 is 24.7 Å². The number of aryl methyl sites for hydroxylation is 1. The number of piperidine rings is 1. The lowest BCUT2D eigenvalue weighted by Gasteiger charge is -2.30. The third-order valence-corrected chi connectivity index (χ3v) is 5.72. The number of rotatable bonds is 5. The average molecular weight is 437 g/mol. The second kappa shape index (κ2) is 11.2. The van der Waals surface area contributed by atoms with Crippen LogP contribution in [0.4, 0.5) is 0 Å². The van der Waals surface area contributed by atoms with Crippen LogP contribution in [0, 0.1) is 0 Å². The average Bonchev–Trinajstić information content (AvgIpc) is 2.82. The number of hydrogen-bond acceptors (Lipinski definition) is 5. The van der Waals surface area contributed by atoms with Gasteiger partial charge < -0.3 is 19.9 Å². The van der Waals surface area contributed by atoms with Crippen LogP contribution in [0.25, 0.3) is 10.9 Å². The molecule has 2 atom stereocenters. The van der Waals surface area contributed by atoms with Gasteiger partial charge in [0.15, 0.2) is 5.97 Å². The predicted octanol–water partition coefficient (Wildman–Crippen LogP) is 0.0700. The quantitative estimate of drug-likeness (QED) is 0.546. The Bertz CT molecular complexity index is 1100. The van der Waals surface area contributed by atoms with Crippen LogP contribution in [0.5, 0.6) is 0 Å². The number of carboxylic acids is 2. The first-order chi connectivity index (χ1) is 15.5. The lowest BCUT2D eigenvalue weighted by Crippen LogP contribution is -3.13. The Hall–Kier alpha value is -3.52. The van der Waals surface area contributed by atoms with Crippen molar-refractivity contribution in [3.63, 3.8) is 0 Å². The summed E-state index contributed by atoms with van der Waals surface area (Å²) in [7, 11) is 0. The molecular formula is C24H27N3O5. The van der Waals surface area contributed by atoms with E-state index in [0.29, 0.717) is 11.3 Å². The predicted molar refractivity (Wildman–Crippen MR) is 117 cm³/mol. The van der Waals surface area contributed by atoms with Gasteiger partial charge in [-0.3, -0.25) is 9.36 Å². The number of aromatic nitrogens is 2. The Labute approximate surface area is 185 Å². The van der Waals surface area contributed by atoms with Crippen molar-refractivity contribution >= 4 is 22.8 Å². The van der Waals surface area contributed by atoms with E-state index in [1.807, 2.05) is 24.3 Å². The molecule has 1 fully saturated rings. The van der Waals surface area contributed by atoms with Crippen molar-refractivity contribution in [1.29, 1.82) is 0 Å². The summed E-state index contributed by atoms with van der Waals surface area (Å²) in [4.78, 5) is 36.7. The minimum atomic E-state index is -2.07. The maximum atomic E-state index is 12.6. The first kappa shape index (κ1) is 23.1. The van der Waals surface area contributed by atoms with Gasteiger partial charge in [0.05, 0.1) is 36.9 Å². The molecule has 1 aliphatic heterocycles. The second-order valence-corrected chi connectivity index (χ2v) is 7.91. The monoisotopic (exact) mass is 437 g/mol. The van der Waals surface area contributed by atoms with Crippen LogP contribution >= 0.6 is 0 Å². The first-order valence-corrected chi connectivity index (χ1v) is 10.7. The fourth-order valence-corrected chi connectivity index (χ4v) is 4.15. The van der Waals surface area contributed by atoms with Gasteiger partial charge >= 0.3 is 5.97 Å². The number of nitrogens with zero attached hydrogens (tertiary/aromatic N) is 2. The van der Waals surface area contributed by atoms with E-state index >= 15 is 0 Å². The number of carboxylic acid groups (broad SMARTS) is 2. The molecular weight excluding hydrogens is 410 g/mol. The molecule has 168 valence electrons. The number of carbonyl (C=O) groups is 2. The number of aliphatic carboxylic acids is 2. The molecule has 2 unspecified atom stereocenters. The van der Waals surface area contributed by atoms with Crippen molar-refractivity contribution in [2.75, 3.05) is 19.6 Å². The lowest BCUT2D eigenvalue weighted by molar-refractivity contribution is -0.906. The van der Waals surface area contributed by atoms with Crippen LogP contribution < -0.4 is 15.6 Å². The van der Waals surface area contributed by atoms with Crippen LogP contribution in [0.15, 0.2) is 65.7 Å². The molecule has 8 heteroatoms. The van der Waals surface area contributed by atoms with E-state index in [0.717, 1.165) is 25.0 Å². The van der Waals surface area contributed by atoms with Crippen molar-refractivity contribution in [2.45, 2.75) is 31.7 Å². The van der Waals surface area contributed by atoms with Gasteiger partial charge in [-0.15, -0.1) is 0 Å². The maximum Gasteiger partial charge on any atom is 0.351 e. The Morgan fingerprint density at radius 2 is 1.81 bits per heavy atom. The third-order valence-electron chi connectivity index (χ3n) is 5.72.